The molecule has 0 bridgehead atoms. The molecule has 0 spiro atoms. The Labute approximate surface area is 110 Å². The molecule has 0 saturated carbocycles. The Morgan fingerprint density at radius 1 is 1.37 bits per heavy atom. The zero-order valence-electron chi connectivity index (χ0n) is 10.9. The largest absolute Gasteiger partial charge is 0.494 e. The number of H-pyrrole nitrogens is 1. The Balaban J connectivity index is 2.53. The van der Waals surface area contributed by atoms with Crippen LogP contribution in [0.4, 0.5) is 0 Å². The van der Waals surface area contributed by atoms with Crippen molar-refractivity contribution in [3.8, 4) is 5.75 Å². The van der Waals surface area contributed by atoms with Crippen LogP contribution in [-0.4, -0.2) is 24.7 Å². The van der Waals surface area contributed by atoms with E-state index in [0.29, 0.717) is 23.3 Å². The maximum atomic E-state index is 12.2. The van der Waals surface area contributed by atoms with E-state index in [1.165, 1.54) is 13.3 Å². The molecule has 0 amide bonds. The van der Waals surface area contributed by atoms with Crippen molar-refractivity contribution < 1.29 is 14.3 Å². The number of hydrogen-bond acceptors (Lipinski definition) is 4. The summed E-state index contributed by atoms with van der Waals surface area (Å²) in [6.07, 6.45) is 2.25. The molecule has 0 aliphatic rings. The first-order valence-electron chi connectivity index (χ1n) is 6.04. The summed E-state index contributed by atoms with van der Waals surface area (Å²) >= 11 is 0. The van der Waals surface area contributed by atoms with Crippen molar-refractivity contribution in [1.29, 1.82) is 0 Å². The van der Waals surface area contributed by atoms with Crippen molar-refractivity contribution >= 4 is 16.9 Å². The summed E-state index contributed by atoms with van der Waals surface area (Å²) in [5, 5.41) is 0.413. The molecule has 0 unspecified atom stereocenters. The zero-order chi connectivity index (χ0) is 13.8. The van der Waals surface area contributed by atoms with Crippen molar-refractivity contribution in [3.63, 3.8) is 0 Å². The lowest BCUT2D eigenvalue weighted by atomic mass is 10.1. The van der Waals surface area contributed by atoms with E-state index < -0.39 is 5.97 Å². The van der Waals surface area contributed by atoms with Crippen molar-refractivity contribution in [2.75, 3.05) is 13.7 Å². The summed E-state index contributed by atoms with van der Waals surface area (Å²) in [6, 6.07) is 5.17. The summed E-state index contributed by atoms with van der Waals surface area (Å²) < 4.78 is 10.0. The molecule has 1 aromatic heterocycles. The number of pyridine rings is 1. The van der Waals surface area contributed by atoms with Gasteiger partial charge in [0.2, 0.25) is 5.43 Å². The molecule has 0 radical (unpaired) electrons. The highest BCUT2D eigenvalue weighted by Crippen LogP contribution is 2.17. The van der Waals surface area contributed by atoms with Gasteiger partial charge in [-0.25, -0.2) is 4.79 Å². The van der Waals surface area contributed by atoms with Crippen LogP contribution in [0.1, 0.15) is 23.7 Å². The maximum Gasteiger partial charge on any atom is 0.343 e. The molecule has 1 N–H and O–H groups in total. The summed E-state index contributed by atoms with van der Waals surface area (Å²) in [5.74, 6) is -0.0371. The predicted molar refractivity (Wildman–Crippen MR) is 71.7 cm³/mol. The van der Waals surface area contributed by atoms with Gasteiger partial charge in [0.1, 0.15) is 11.3 Å². The van der Waals surface area contributed by atoms with Crippen LogP contribution in [0.25, 0.3) is 10.9 Å². The van der Waals surface area contributed by atoms with E-state index >= 15 is 0 Å². The molecule has 0 fully saturated rings. The number of carbonyl (C=O) groups is 1. The normalized spacial score (nSPS) is 10.4. The van der Waals surface area contributed by atoms with E-state index in [-0.39, 0.29) is 11.0 Å². The van der Waals surface area contributed by atoms with E-state index in [4.69, 9.17) is 4.74 Å². The zero-order valence-corrected chi connectivity index (χ0v) is 10.9. The van der Waals surface area contributed by atoms with E-state index in [1.54, 1.807) is 18.2 Å². The number of aromatic amines is 1. The number of aromatic nitrogens is 1. The third-order valence-corrected chi connectivity index (χ3v) is 2.73. The van der Waals surface area contributed by atoms with Gasteiger partial charge in [-0.1, -0.05) is 6.92 Å². The molecule has 5 nitrogen and oxygen atoms in total. The first-order valence-corrected chi connectivity index (χ1v) is 6.04. The quantitative estimate of drug-likeness (QED) is 0.856. The molecular formula is C14H15NO4. The van der Waals surface area contributed by atoms with Crippen LogP contribution in [-0.2, 0) is 4.74 Å². The van der Waals surface area contributed by atoms with Crippen LogP contribution in [0.15, 0.2) is 29.2 Å². The van der Waals surface area contributed by atoms with Crippen molar-refractivity contribution in [3.05, 3.63) is 40.2 Å². The monoisotopic (exact) mass is 261 g/mol. The Hall–Kier alpha value is -2.30. The molecule has 19 heavy (non-hydrogen) atoms. The average molecular weight is 261 g/mol. The molecule has 100 valence electrons. The lowest BCUT2D eigenvalue weighted by Gasteiger charge is -2.06. The summed E-state index contributed by atoms with van der Waals surface area (Å²) in [4.78, 5) is 26.5. The molecule has 0 aliphatic heterocycles. The van der Waals surface area contributed by atoms with Gasteiger partial charge in [0.25, 0.3) is 0 Å². The van der Waals surface area contributed by atoms with Crippen LogP contribution in [0, 0.1) is 0 Å². The van der Waals surface area contributed by atoms with Gasteiger partial charge in [-0.15, -0.1) is 0 Å². The van der Waals surface area contributed by atoms with Gasteiger partial charge in [-0.2, -0.15) is 0 Å². The van der Waals surface area contributed by atoms with Gasteiger partial charge in [0, 0.05) is 11.7 Å². The third kappa shape index (κ3) is 2.59. The minimum absolute atomic E-state index is 0.0114. The highest BCUT2D eigenvalue weighted by molar-refractivity contribution is 5.93. The predicted octanol–water partition coefficient (Wildman–Crippen LogP) is 2.10. The lowest BCUT2D eigenvalue weighted by Crippen LogP contribution is -2.17. The van der Waals surface area contributed by atoms with Gasteiger partial charge < -0.3 is 14.5 Å². The fourth-order valence-electron chi connectivity index (χ4n) is 1.77. The van der Waals surface area contributed by atoms with Crippen LogP contribution in [0.2, 0.25) is 0 Å². The molecule has 1 aromatic carbocycles. The summed E-state index contributed by atoms with van der Waals surface area (Å²) in [6.45, 7) is 2.59. The van der Waals surface area contributed by atoms with E-state index in [0.717, 1.165) is 6.42 Å². The second-order valence-corrected chi connectivity index (χ2v) is 4.08. The second-order valence-electron chi connectivity index (χ2n) is 4.08. The highest BCUT2D eigenvalue weighted by Gasteiger charge is 2.13. The van der Waals surface area contributed by atoms with E-state index in [2.05, 4.69) is 9.72 Å². The second kappa shape index (κ2) is 5.56. The van der Waals surface area contributed by atoms with Crippen molar-refractivity contribution in [1.82, 2.24) is 4.98 Å². The number of benzene rings is 1. The number of fused-ring (bicyclic) bond motifs is 1. The number of nitrogens with one attached hydrogen (secondary N) is 1. The smallest absolute Gasteiger partial charge is 0.343 e. The van der Waals surface area contributed by atoms with Crippen LogP contribution in [0.5, 0.6) is 5.75 Å². The van der Waals surface area contributed by atoms with E-state index in [9.17, 15) is 9.59 Å². The number of hydrogen-bond donors (Lipinski definition) is 1. The van der Waals surface area contributed by atoms with Gasteiger partial charge in [-0.05, 0) is 24.6 Å². The molecule has 2 aromatic rings. The maximum absolute atomic E-state index is 12.2. The van der Waals surface area contributed by atoms with Gasteiger partial charge >= 0.3 is 5.97 Å². The van der Waals surface area contributed by atoms with Crippen molar-refractivity contribution in [2.24, 2.45) is 0 Å². The number of methoxy groups -OCH3 is 1. The van der Waals surface area contributed by atoms with Gasteiger partial charge in [-0.3, -0.25) is 4.79 Å². The summed E-state index contributed by atoms with van der Waals surface area (Å²) in [7, 11) is 1.24. The van der Waals surface area contributed by atoms with Gasteiger partial charge in [0.15, 0.2) is 0 Å². The minimum atomic E-state index is -0.650. The topological polar surface area (TPSA) is 68.4 Å². The molecule has 0 atom stereocenters. The Morgan fingerprint density at radius 3 is 2.84 bits per heavy atom. The molecular weight excluding hydrogens is 246 g/mol. The Kier molecular flexibility index (Phi) is 3.85. The third-order valence-electron chi connectivity index (χ3n) is 2.73. The fraction of sp³-hybridized carbons (Fsp3) is 0.286. The highest BCUT2D eigenvalue weighted by atomic mass is 16.5. The molecule has 2 rings (SSSR count). The van der Waals surface area contributed by atoms with E-state index in [1.807, 2.05) is 6.92 Å². The average Bonchev–Trinajstić information content (AvgIpc) is 2.45. The fourth-order valence-corrected chi connectivity index (χ4v) is 1.77. The summed E-state index contributed by atoms with van der Waals surface area (Å²) in [5.41, 5.74) is 0.284. The Bertz CT molecular complexity index is 660. The minimum Gasteiger partial charge on any atom is -0.494 e. The first kappa shape index (κ1) is 13.1. The molecule has 0 aliphatic carbocycles. The van der Waals surface area contributed by atoms with Crippen LogP contribution in [0.3, 0.4) is 0 Å². The molecule has 0 saturated heterocycles. The number of ether oxygens (including phenoxy) is 2. The van der Waals surface area contributed by atoms with Crippen molar-refractivity contribution in [2.45, 2.75) is 13.3 Å². The number of rotatable bonds is 4. The van der Waals surface area contributed by atoms with Crippen LogP contribution < -0.4 is 10.2 Å². The van der Waals surface area contributed by atoms with Gasteiger partial charge in [0.05, 0.1) is 19.1 Å². The molecule has 1 heterocycles. The SMILES string of the molecule is CCCOc1ccc2[nH]cc(C(=O)OC)c(=O)c2c1. The lowest BCUT2D eigenvalue weighted by molar-refractivity contribution is 0.0599. The standard InChI is InChI=1S/C14H15NO4/c1-3-6-19-9-4-5-12-10(7-9)13(16)11(8-15-12)14(17)18-2/h4-5,7-8H,3,6H2,1-2H3,(H,15,16). The number of carbonyl (C=O) groups excluding carboxylic acids is 1. The number of esters is 1. The first-order chi connectivity index (χ1) is 9.17. The molecule has 5 heteroatoms. The Morgan fingerprint density at radius 2 is 2.16 bits per heavy atom. The van der Waals surface area contributed by atoms with Crippen LogP contribution >= 0.6 is 0 Å².